The topological polar surface area (TPSA) is 55.7 Å². The van der Waals surface area contributed by atoms with Gasteiger partial charge in [-0.05, 0) is 95.1 Å². The molecule has 1 aliphatic rings. The van der Waals surface area contributed by atoms with Crippen molar-refractivity contribution >= 4 is 61.1 Å². The smallest absolute Gasteiger partial charge is 0.161 e. The van der Waals surface area contributed by atoms with E-state index in [2.05, 4.69) is 170 Å². The number of hydrogen-bond acceptors (Lipinski definition) is 3. The van der Waals surface area contributed by atoms with Crippen LogP contribution in [0.4, 0.5) is 0 Å². The van der Waals surface area contributed by atoms with Crippen molar-refractivity contribution in [1.82, 2.24) is 9.55 Å². The lowest BCUT2D eigenvalue weighted by atomic mass is 9.83. The number of aryl methyl sites for hydroxylation is 2. The van der Waals surface area contributed by atoms with Gasteiger partial charge in [-0.3, -0.25) is 4.57 Å². The van der Waals surface area contributed by atoms with E-state index in [4.69, 9.17) is 19.4 Å². The average Bonchev–Trinajstić information content (AvgIpc) is 3.92. The molecule has 0 unspecified atom stereocenters. The molecule has 5 heteroatoms. The Morgan fingerprint density at radius 2 is 1.18 bits per heavy atom. The van der Waals surface area contributed by atoms with Gasteiger partial charge in [0.25, 0.3) is 0 Å². The van der Waals surface area contributed by atoms with Gasteiger partial charge in [-0.2, -0.15) is 0 Å². The molecule has 11 aromatic rings. The predicted octanol–water partition coefficient (Wildman–Crippen LogP) is 15.2. The number of hydrogen-bond donors (Lipinski definition) is 0. The van der Waals surface area contributed by atoms with E-state index >= 15 is 0 Å². The summed E-state index contributed by atoms with van der Waals surface area (Å²) in [4.78, 5) is 16.0. The molecule has 0 amide bonds. The summed E-state index contributed by atoms with van der Waals surface area (Å²) in [7, 11) is 0. The van der Waals surface area contributed by atoms with E-state index in [1.165, 1.54) is 38.6 Å². The fraction of sp³-hybridized carbons (Fsp3) is 0.0500. The van der Waals surface area contributed by atoms with Crippen LogP contribution >= 0.6 is 0 Å². The van der Waals surface area contributed by atoms with Crippen molar-refractivity contribution in [2.24, 2.45) is 9.98 Å². The van der Waals surface area contributed by atoms with Crippen molar-refractivity contribution in [2.45, 2.75) is 19.8 Å². The normalized spacial score (nSPS) is 12.8. The van der Waals surface area contributed by atoms with Crippen molar-refractivity contribution in [3.63, 3.8) is 0 Å². The number of para-hydroxylation sites is 2. The summed E-state index contributed by atoms with van der Waals surface area (Å²) in [5.74, 6) is 1.42. The second-order valence-electron chi connectivity index (χ2n) is 16.8. The van der Waals surface area contributed by atoms with Crippen LogP contribution in [0.5, 0.6) is 0 Å². The Hall–Kier alpha value is -8.41. The van der Waals surface area contributed by atoms with E-state index in [1.54, 1.807) is 0 Å². The third-order valence-electron chi connectivity index (χ3n) is 12.9. The Kier molecular flexibility index (Phi) is 9.27. The van der Waals surface area contributed by atoms with Crippen LogP contribution in [0, 0.1) is 0 Å². The quantitative estimate of drug-likeness (QED) is 0.124. The highest BCUT2D eigenvalue weighted by molar-refractivity contribution is 6.17. The number of pyridine rings is 1. The molecule has 0 fully saturated rings. The number of amidine groups is 1. The van der Waals surface area contributed by atoms with Gasteiger partial charge in [0.1, 0.15) is 17.1 Å². The minimum atomic E-state index is 0.603. The summed E-state index contributed by atoms with van der Waals surface area (Å²) in [6.45, 7) is 6.53. The second kappa shape index (κ2) is 15.7. The fourth-order valence-corrected chi connectivity index (χ4v) is 9.65. The molecule has 0 radical (unpaired) electrons. The number of furan rings is 1. The molecule has 12 rings (SSSR count). The molecule has 65 heavy (non-hydrogen) atoms. The molecular formula is C60H42N4O. The summed E-state index contributed by atoms with van der Waals surface area (Å²) >= 11 is 0. The van der Waals surface area contributed by atoms with Crippen LogP contribution in [0.25, 0.3) is 94.2 Å². The molecule has 0 saturated heterocycles. The maximum absolute atomic E-state index is 6.45. The van der Waals surface area contributed by atoms with Gasteiger partial charge in [0, 0.05) is 38.2 Å². The predicted molar refractivity (Wildman–Crippen MR) is 271 cm³/mol. The number of rotatable bonds is 6. The van der Waals surface area contributed by atoms with Crippen LogP contribution in [0.1, 0.15) is 29.2 Å². The highest BCUT2D eigenvalue weighted by Crippen LogP contribution is 2.41. The maximum atomic E-state index is 6.45. The van der Waals surface area contributed by atoms with Gasteiger partial charge in [-0.25, -0.2) is 15.0 Å². The zero-order valence-electron chi connectivity index (χ0n) is 35.9. The summed E-state index contributed by atoms with van der Waals surface area (Å²) in [5, 5.41) is 4.51. The number of nitrogens with zero attached hydrogens (tertiary/aromatic N) is 4. The van der Waals surface area contributed by atoms with Gasteiger partial charge in [0.15, 0.2) is 11.4 Å². The molecule has 0 aliphatic heterocycles. The first kappa shape index (κ1) is 38.3. The van der Waals surface area contributed by atoms with Crippen molar-refractivity contribution in [3.8, 4) is 44.8 Å². The van der Waals surface area contributed by atoms with Gasteiger partial charge in [-0.1, -0.05) is 170 Å². The van der Waals surface area contributed by atoms with Crippen molar-refractivity contribution in [2.75, 3.05) is 0 Å². The van der Waals surface area contributed by atoms with Crippen LogP contribution in [0.2, 0.25) is 0 Å². The van der Waals surface area contributed by atoms with Crippen molar-refractivity contribution in [1.29, 1.82) is 0 Å². The van der Waals surface area contributed by atoms with Crippen LogP contribution in [-0.4, -0.2) is 21.2 Å². The molecule has 0 spiro atoms. The van der Waals surface area contributed by atoms with Gasteiger partial charge in [-0.15, -0.1) is 0 Å². The van der Waals surface area contributed by atoms with Crippen LogP contribution in [0.3, 0.4) is 0 Å². The summed E-state index contributed by atoms with van der Waals surface area (Å²) in [6, 6.07) is 70.2. The second-order valence-corrected chi connectivity index (χ2v) is 16.8. The molecule has 308 valence electrons. The highest BCUT2D eigenvalue weighted by atomic mass is 16.3. The van der Waals surface area contributed by atoms with Gasteiger partial charge >= 0.3 is 0 Å². The Bertz CT molecular complexity index is 3730. The highest BCUT2D eigenvalue weighted by Gasteiger charge is 2.22. The Morgan fingerprint density at radius 3 is 2.00 bits per heavy atom. The third kappa shape index (κ3) is 6.77. The average molecular weight is 835 g/mol. The van der Waals surface area contributed by atoms with Crippen molar-refractivity contribution in [3.05, 3.63) is 229 Å². The number of aromatic nitrogens is 2. The van der Waals surface area contributed by atoms with Crippen molar-refractivity contribution < 1.29 is 4.42 Å². The Balaban J connectivity index is 0.981. The molecule has 0 bridgehead atoms. The fourth-order valence-electron chi connectivity index (χ4n) is 9.65. The first-order valence-electron chi connectivity index (χ1n) is 22.2. The Labute approximate surface area is 377 Å². The number of fused-ring (bicyclic) bond motifs is 9. The summed E-state index contributed by atoms with van der Waals surface area (Å²) in [5.41, 5.74) is 17.6. The molecule has 0 N–H and O–H groups in total. The lowest BCUT2D eigenvalue weighted by molar-refractivity contribution is 0.668. The van der Waals surface area contributed by atoms with Gasteiger partial charge in [0.2, 0.25) is 0 Å². The zero-order chi connectivity index (χ0) is 43.4. The van der Waals surface area contributed by atoms with E-state index in [9.17, 15) is 0 Å². The molecule has 5 nitrogen and oxygen atoms in total. The van der Waals surface area contributed by atoms with Crippen LogP contribution in [0.15, 0.2) is 221 Å². The summed E-state index contributed by atoms with van der Waals surface area (Å²) < 4.78 is 8.73. The van der Waals surface area contributed by atoms with E-state index in [-0.39, 0.29) is 0 Å². The molecule has 3 aromatic heterocycles. The van der Waals surface area contributed by atoms with E-state index in [1.807, 2.05) is 48.5 Å². The van der Waals surface area contributed by atoms with Gasteiger partial charge in [0.05, 0.1) is 22.4 Å². The van der Waals surface area contributed by atoms with Crippen LogP contribution in [-0.2, 0) is 12.8 Å². The molecule has 8 aromatic carbocycles. The molecule has 0 saturated carbocycles. The largest absolute Gasteiger partial charge is 0.454 e. The zero-order valence-corrected chi connectivity index (χ0v) is 35.9. The molecule has 0 atom stereocenters. The van der Waals surface area contributed by atoms with Crippen LogP contribution < -0.4 is 0 Å². The van der Waals surface area contributed by atoms with E-state index in [0.717, 1.165) is 90.9 Å². The minimum Gasteiger partial charge on any atom is -0.454 e. The molecular weight excluding hydrogens is 793 g/mol. The third-order valence-corrected chi connectivity index (χ3v) is 12.9. The Morgan fingerprint density at radius 1 is 0.508 bits per heavy atom. The SMILES string of the molecule is C=C(N=C(N=C(C)n1c2ccccc2c2ccc(-c3ccccc3)cc21)c1ccc2c(c1)-c1ccc(-c3cc4c(oc5ccccc54)c(-c4ccccc4)n3)cc1CC2)c1ccccc1. The summed E-state index contributed by atoms with van der Waals surface area (Å²) in [6.07, 6.45) is 1.86. The van der Waals surface area contributed by atoms with E-state index < -0.39 is 0 Å². The van der Waals surface area contributed by atoms with E-state index in [0.29, 0.717) is 11.5 Å². The number of benzene rings is 8. The minimum absolute atomic E-state index is 0.603. The van der Waals surface area contributed by atoms with Gasteiger partial charge < -0.3 is 4.42 Å². The molecule has 1 aliphatic carbocycles. The first-order valence-corrected chi connectivity index (χ1v) is 22.2. The maximum Gasteiger partial charge on any atom is 0.161 e. The standard InChI is InChI=1S/C60H42N4O/c1-38(40-16-6-3-7-17-40)61-60(62-39(2)64-55-24-14-12-22-49(55)50-33-30-44(36-56(50)64)41-18-8-4-9-19-41)47-29-27-42-26-28-45-34-46(31-32-48(45)52(42)35-47)54-37-53-51-23-13-15-25-57(51)65-59(53)58(63-54)43-20-10-5-11-21-43/h3-25,27,29-37H,1,26,28H2,2H3. The first-order chi connectivity index (χ1) is 32.0. The monoisotopic (exact) mass is 834 g/mol. The number of aliphatic imine (C=N–C) groups is 2. The lowest BCUT2D eigenvalue weighted by Crippen LogP contribution is -2.12. The lowest BCUT2D eigenvalue weighted by Gasteiger charge is -2.22. The molecule has 3 heterocycles.